The van der Waals surface area contributed by atoms with Crippen LogP contribution in [-0.4, -0.2) is 17.1 Å². The molecule has 0 saturated heterocycles. The Balaban J connectivity index is 2.25. The summed E-state index contributed by atoms with van der Waals surface area (Å²) in [6.45, 7) is 0. The summed E-state index contributed by atoms with van der Waals surface area (Å²) in [6, 6.07) is 13.5. The van der Waals surface area contributed by atoms with E-state index in [2.05, 4.69) is 5.32 Å². The van der Waals surface area contributed by atoms with Gasteiger partial charge in [-0.1, -0.05) is 54.1 Å². The van der Waals surface area contributed by atoms with Crippen molar-refractivity contribution in [2.75, 3.05) is 12.4 Å². The lowest BCUT2D eigenvalue weighted by Gasteiger charge is -2.05. The first-order chi connectivity index (χ1) is 11.5. The Morgan fingerprint density at radius 2 is 1.88 bits per heavy atom. The van der Waals surface area contributed by atoms with Crippen LogP contribution in [0.25, 0.3) is 22.5 Å². The van der Waals surface area contributed by atoms with Crippen LogP contribution in [0.15, 0.2) is 52.9 Å². The van der Waals surface area contributed by atoms with Gasteiger partial charge in [0.05, 0.1) is 10.5 Å². The molecule has 3 rings (SSSR count). The predicted octanol–water partition coefficient (Wildman–Crippen LogP) is 4.92. The summed E-state index contributed by atoms with van der Waals surface area (Å²) >= 11 is 6.17. The molecule has 0 spiro atoms. The number of hydrogen-bond donors (Lipinski definition) is 2. The Hall–Kier alpha value is -2.99. The molecule has 2 aromatic carbocycles. The second kappa shape index (κ2) is 6.25. The molecule has 122 valence electrons. The number of halogens is 1. The van der Waals surface area contributed by atoms with Crippen molar-refractivity contribution in [2.45, 2.75) is 0 Å². The van der Waals surface area contributed by atoms with Crippen LogP contribution in [0.1, 0.15) is 0 Å². The van der Waals surface area contributed by atoms with Crippen LogP contribution in [0.5, 0.6) is 5.75 Å². The Morgan fingerprint density at radius 3 is 2.50 bits per heavy atom. The molecule has 1 heterocycles. The third-order valence-corrected chi connectivity index (χ3v) is 3.99. The molecule has 0 fully saturated rings. The van der Waals surface area contributed by atoms with Crippen molar-refractivity contribution < 1.29 is 14.4 Å². The average molecular weight is 345 g/mol. The number of nitro benzene ring substituents is 1. The average Bonchev–Trinajstić information content (AvgIpc) is 2.92. The topological polar surface area (TPSA) is 88.5 Å². The van der Waals surface area contributed by atoms with Gasteiger partial charge in [0.15, 0.2) is 11.5 Å². The van der Waals surface area contributed by atoms with Crippen LogP contribution in [0.3, 0.4) is 0 Å². The maximum absolute atomic E-state index is 11.1. The molecule has 0 amide bonds. The molecule has 0 saturated carbocycles. The van der Waals surface area contributed by atoms with Gasteiger partial charge in [-0.3, -0.25) is 10.1 Å². The minimum atomic E-state index is -0.569. The molecular weight excluding hydrogens is 332 g/mol. The first kappa shape index (κ1) is 15.9. The molecule has 0 unspecified atom stereocenters. The number of nitro groups is 1. The number of nitrogens with one attached hydrogen (secondary N) is 1. The lowest BCUT2D eigenvalue weighted by atomic mass is 10.0. The number of anilines is 1. The standard InChI is InChI=1S/C17H13ClN2O4/c1-19-17-13(11-8-5-9-12(14(11)18)20(22)23)15(21)16(24-17)10-6-3-2-4-7-10/h2-9,19,21H,1H3. The number of hydrogen-bond acceptors (Lipinski definition) is 5. The van der Waals surface area contributed by atoms with Gasteiger partial charge < -0.3 is 14.8 Å². The molecule has 3 aromatic rings. The summed E-state index contributed by atoms with van der Waals surface area (Å²) in [4.78, 5) is 10.5. The van der Waals surface area contributed by atoms with E-state index in [9.17, 15) is 15.2 Å². The fourth-order valence-electron chi connectivity index (χ4n) is 2.49. The molecule has 24 heavy (non-hydrogen) atoms. The molecule has 0 atom stereocenters. The Bertz CT molecular complexity index is 906. The number of aromatic hydroxyl groups is 1. The minimum Gasteiger partial charge on any atom is -0.504 e. The van der Waals surface area contributed by atoms with E-state index in [0.29, 0.717) is 11.1 Å². The van der Waals surface area contributed by atoms with Crippen molar-refractivity contribution in [3.05, 3.63) is 63.7 Å². The SMILES string of the molecule is CNc1oc(-c2ccccc2)c(O)c1-c1cccc([N+](=O)[O-])c1Cl. The summed E-state index contributed by atoms with van der Waals surface area (Å²) in [6.07, 6.45) is 0. The highest BCUT2D eigenvalue weighted by atomic mass is 35.5. The van der Waals surface area contributed by atoms with E-state index in [1.165, 1.54) is 12.1 Å². The Kier molecular flexibility index (Phi) is 4.14. The summed E-state index contributed by atoms with van der Waals surface area (Å²) in [5.74, 6) is 0.402. The second-order valence-electron chi connectivity index (χ2n) is 5.00. The van der Waals surface area contributed by atoms with Gasteiger partial charge in [-0.15, -0.1) is 0 Å². The Labute approximate surface area is 142 Å². The largest absolute Gasteiger partial charge is 0.504 e. The van der Waals surface area contributed by atoms with Gasteiger partial charge in [0.2, 0.25) is 5.88 Å². The maximum Gasteiger partial charge on any atom is 0.288 e. The molecule has 0 aliphatic carbocycles. The highest BCUT2D eigenvalue weighted by Crippen LogP contribution is 2.49. The monoisotopic (exact) mass is 344 g/mol. The van der Waals surface area contributed by atoms with E-state index in [-0.39, 0.29) is 33.7 Å². The number of furan rings is 1. The summed E-state index contributed by atoms with van der Waals surface area (Å²) in [5.41, 5.74) is 1.04. The van der Waals surface area contributed by atoms with Crippen LogP contribution in [0, 0.1) is 10.1 Å². The zero-order valence-electron chi connectivity index (χ0n) is 12.6. The molecule has 6 nitrogen and oxygen atoms in total. The van der Waals surface area contributed by atoms with E-state index in [4.69, 9.17) is 16.0 Å². The summed E-state index contributed by atoms with van der Waals surface area (Å²) < 4.78 is 5.70. The Morgan fingerprint density at radius 1 is 1.17 bits per heavy atom. The van der Waals surface area contributed by atoms with Crippen molar-refractivity contribution in [3.63, 3.8) is 0 Å². The number of rotatable bonds is 4. The quantitative estimate of drug-likeness (QED) is 0.518. The molecule has 0 radical (unpaired) electrons. The second-order valence-corrected chi connectivity index (χ2v) is 5.37. The lowest BCUT2D eigenvalue weighted by Crippen LogP contribution is -1.92. The zero-order valence-corrected chi connectivity index (χ0v) is 13.4. The summed E-state index contributed by atoms with van der Waals surface area (Å²) in [5, 5.41) is 24.5. The maximum atomic E-state index is 11.1. The molecule has 2 N–H and O–H groups in total. The third kappa shape index (κ3) is 2.57. The van der Waals surface area contributed by atoms with E-state index in [0.717, 1.165) is 0 Å². The van der Waals surface area contributed by atoms with Gasteiger partial charge in [0, 0.05) is 24.2 Å². The van der Waals surface area contributed by atoms with E-state index < -0.39 is 4.92 Å². The smallest absolute Gasteiger partial charge is 0.288 e. The van der Waals surface area contributed by atoms with Crippen molar-refractivity contribution >= 4 is 23.2 Å². The lowest BCUT2D eigenvalue weighted by molar-refractivity contribution is -0.384. The van der Waals surface area contributed by atoms with Crippen LogP contribution in [0.4, 0.5) is 11.6 Å². The first-order valence-electron chi connectivity index (χ1n) is 7.06. The highest BCUT2D eigenvalue weighted by Gasteiger charge is 2.26. The molecule has 7 heteroatoms. The molecule has 0 aliphatic rings. The van der Waals surface area contributed by atoms with Gasteiger partial charge >= 0.3 is 0 Å². The van der Waals surface area contributed by atoms with Gasteiger partial charge in [-0.2, -0.15) is 0 Å². The molecule has 0 bridgehead atoms. The van der Waals surface area contributed by atoms with Crippen LogP contribution < -0.4 is 5.32 Å². The van der Waals surface area contributed by atoms with E-state index in [1.54, 1.807) is 25.2 Å². The fraction of sp³-hybridized carbons (Fsp3) is 0.0588. The number of nitrogens with zero attached hydrogens (tertiary/aromatic N) is 1. The van der Waals surface area contributed by atoms with Crippen molar-refractivity contribution in [1.29, 1.82) is 0 Å². The number of benzene rings is 2. The van der Waals surface area contributed by atoms with E-state index in [1.807, 2.05) is 18.2 Å². The molecule has 0 aliphatic heterocycles. The van der Waals surface area contributed by atoms with Gasteiger partial charge in [0.1, 0.15) is 5.02 Å². The van der Waals surface area contributed by atoms with Gasteiger partial charge in [-0.25, -0.2) is 0 Å². The fourth-order valence-corrected chi connectivity index (χ4v) is 2.78. The molecule has 1 aromatic heterocycles. The van der Waals surface area contributed by atoms with Crippen molar-refractivity contribution in [2.24, 2.45) is 0 Å². The van der Waals surface area contributed by atoms with Crippen LogP contribution in [-0.2, 0) is 0 Å². The molecular formula is C17H13ClN2O4. The van der Waals surface area contributed by atoms with Gasteiger partial charge in [0.25, 0.3) is 5.69 Å². The third-order valence-electron chi connectivity index (χ3n) is 3.59. The van der Waals surface area contributed by atoms with Crippen LogP contribution in [0.2, 0.25) is 5.02 Å². The zero-order chi connectivity index (χ0) is 17.3. The summed E-state index contributed by atoms with van der Waals surface area (Å²) in [7, 11) is 1.63. The normalized spacial score (nSPS) is 10.6. The minimum absolute atomic E-state index is 0.0605. The van der Waals surface area contributed by atoms with E-state index >= 15 is 0 Å². The van der Waals surface area contributed by atoms with Crippen molar-refractivity contribution in [1.82, 2.24) is 0 Å². The van der Waals surface area contributed by atoms with Crippen molar-refractivity contribution in [3.8, 4) is 28.2 Å². The van der Waals surface area contributed by atoms with Crippen LogP contribution >= 0.6 is 11.6 Å². The highest BCUT2D eigenvalue weighted by molar-refractivity contribution is 6.35. The predicted molar refractivity (Wildman–Crippen MR) is 92.5 cm³/mol. The van der Waals surface area contributed by atoms with Gasteiger partial charge in [-0.05, 0) is 0 Å². The first-order valence-corrected chi connectivity index (χ1v) is 7.44.